The van der Waals surface area contributed by atoms with E-state index in [0.717, 1.165) is 12.8 Å². The fourth-order valence-corrected chi connectivity index (χ4v) is 2.20. The topological polar surface area (TPSA) is 24.9 Å². The number of hydrogen-bond donors (Lipinski definition) is 1. The van der Waals surface area contributed by atoms with Crippen molar-refractivity contribution < 1.29 is 0 Å². The van der Waals surface area contributed by atoms with E-state index in [-0.39, 0.29) is 0 Å². The molecule has 1 aromatic carbocycles. The molecule has 0 amide bonds. The van der Waals surface area contributed by atoms with E-state index in [1.54, 1.807) is 0 Å². The number of aromatic nitrogens is 1. The van der Waals surface area contributed by atoms with E-state index in [4.69, 9.17) is 0 Å². The number of pyridine rings is 1. The molecule has 0 aliphatic rings. The van der Waals surface area contributed by atoms with Gasteiger partial charge < -0.3 is 5.32 Å². The highest BCUT2D eigenvalue weighted by Crippen LogP contribution is 2.10. The van der Waals surface area contributed by atoms with Gasteiger partial charge in [-0.15, -0.1) is 0 Å². The summed E-state index contributed by atoms with van der Waals surface area (Å²) in [6.45, 7) is 2.14. The number of aryl methyl sites for hydroxylation is 1. The van der Waals surface area contributed by atoms with Crippen molar-refractivity contribution in [3.63, 3.8) is 0 Å². The lowest BCUT2D eigenvalue weighted by Crippen LogP contribution is -2.29. The SMILES string of the molecule is CNC(Cc1cccnc1)Cc1cccc(C)c1. The first kappa shape index (κ1) is 12.8. The van der Waals surface area contributed by atoms with Crippen molar-refractivity contribution in [1.29, 1.82) is 0 Å². The molecule has 1 aromatic heterocycles. The highest BCUT2D eigenvalue weighted by molar-refractivity contribution is 5.23. The van der Waals surface area contributed by atoms with E-state index in [1.165, 1.54) is 16.7 Å². The molecule has 0 aliphatic carbocycles. The number of hydrogen-bond acceptors (Lipinski definition) is 2. The molecular weight excluding hydrogens is 220 g/mol. The summed E-state index contributed by atoms with van der Waals surface area (Å²) in [5.74, 6) is 0. The summed E-state index contributed by atoms with van der Waals surface area (Å²) < 4.78 is 0. The summed E-state index contributed by atoms with van der Waals surface area (Å²) in [6, 6.07) is 13.3. The summed E-state index contributed by atoms with van der Waals surface area (Å²) in [6.07, 6.45) is 5.82. The van der Waals surface area contributed by atoms with Crippen molar-refractivity contribution in [3.8, 4) is 0 Å². The number of benzene rings is 1. The molecule has 0 bridgehead atoms. The van der Waals surface area contributed by atoms with Crippen LogP contribution < -0.4 is 5.32 Å². The second kappa shape index (κ2) is 6.31. The van der Waals surface area contributed by atoms with Crippen LogP contribution in [0.15, 0.2) is 48.8 Å². The predicted molar refractivity (Wildman–Crippen MR) is 75.7 cm³/mol. The highest BCUT2D eigenvalue weighted by atomic mass is 14.9. The van der Waals surface area contributed by atoms with Gasteiger partial charge in [0.05, 0.1) is 0 Å². The molecule has 0 spiro atoms. The molecule has 18 heavy (non-hydrogen) atoms. The molecule has 0 aliphatic heterocycles. The fraction of sp³-hybridized carbons (Fsp3) is 0.312. The smallest absolute Gasteiger partial charge is 0.0300 e. The van der Waals surface area contributed by atoms with Crippen LogP contribution in [0.5, 0.6) is 0 Å². The predicted octanol–water partition coefficient (Wildman–Crippen LogP) is 2.76. The van der Waals surface area contributed by atoms with E-state index in [1.807, 2.05) is 25.5 Å². The Bertz CT molecular complexity index is 479. The van der Waals surface area contributed by atoms with Gasteiger partial charge in [0, 0.05) is 18.4 Å². The van der Waals surface area contributed by atoms with E-state index in [2.05, 4.69) is 47.6 Å². The normalized spacial score (nSPS) is 12.3. The average Bonchev–Trinajstić information content (AvgIpc) is 2.39. The van der Waals surface area contributed by atoms with Gasteiger partial charge in [-0.1, -0.05) is 35.9 Å². The molecule has 1 atom stereocenters. The highest BCUT2D eigenvalue weighted by Gasteiger charge is 2.08. The van der Waals surface area contributed by atoms with Crippen LogP contribution in [-0.2, 0) is 12.8 Å². The van der Waals surface area contributed by atoms with Crippen LogP contribution in [0.3, 0.4) is 0 Å². The van der Waals surface area contributed by atoms with Crippen LogP contribution in [0.25, 0.3) is 0 Å². The maximum atomic E-state index is 4.17. The lowest BCUT2D eigenvalue weighted by atomic mass is 9.99. The third kappa shape index (κ3) is 3.67. The first-order chi connectivity index (χ1) is 8.78. The molecule has 1 N–H and O–H groups in total. The molecule has 0 saturated heterocycles. The van der Waals surface area contributed by atoms with Crippen molar-refractivity contribution in [3.05, 3.63) is 65.5 Å². The van der Waals surface area contributed by atoms with Crippen LogP contribution in [0.4, 0.5) is 0 Å². The van der Waals surface area contributed by atoms with Crippen molar-refractivity contribution in [2.75, 3.05) is 7.05 Å². The molecule has 1 unspecified atom stereocenters. The Labute approximate surface area is 109 Å². The Kier molecular flexibility index (Phi) is 4.48. The summed E-state index contributed by atoms with van der Waals surface area (Å²) >= 11 is 0. The van der Waals surface area contributed by atoms with Gasteiger partial charge in [0.25, 0.3) is 0 Å². The quantitative estimate of drug-likeness (QED) is 0.869. The summed E-state index contributed by atoms with van der Waals surface area (Å²) in [4.78, 5) is 4.17. The van der Waals surface area contributed by atoms with Crippen molar-refractivity contribution in [2.24, 2.45) is 0 Å². The Hall–Kier alpha value is -1.67. The molecule has 0 fully saturated rings. The van der Waals surface area contributed by atoms with Gasteiger partial charge >= 0.3 is 0 Å². The van der Waals surface area contributed by atoms with Crippen LogP contribution in [0, 0.1) is 6.92 Å². The minimum Gasteiger partial charge on any atom is -0.316 e. The zero-order valence-corrected chi connectivity index (χ0v) is 11.1. The zero-order chi connectivity index (χ0) is 12.8. The molecule has 2 rings (SSSR count). The molecule has 94 valence electrons. The van der Waals surface area contributed by atoms with E-state index < -0.39 is 0 Å². The first-order valence-corrected chi connectivity index (χ1v) is 6.39. The van der Waals surface area contributed by atoms with Gasteiger partial charge in [-0.05, 0) is 44.0 Å². The number of rotatable bonds is 5. The standard InChI is InChI=1S/C16H20N2/c1-13-5-3-6-14(9-13)10-16(17-2)11-15-7-4-8-18-12-15/h3-9,12,16-17H,10-11H2,1-2H3. The van der Waals surface area contributed by atoms with Gasteiger partial charge in [-0.3, -0.25) is 4.98 Å². The molecule has 2 nitrogen and oxygen atoms in total. The first-order valence-electron chi connectivity index (χ1n) is 6.39. The number of nitrogens with zero attached hydrogens (tertiary/aromatic N) is 1. The average molecular weight is 240 g/mol. The largest absolute Gasteiger partial charge is 0.316 e. The van der Waals surface area contributed by atoms with Crippen LogP contribution >= 0.6 is 0 Å². The van der Waals surface area contributed by atoms with Gasteiger partial charge in [0.15, 0.2) is 0 Å². The Morgan fingerprint density at radius 2 is 1.89 bits per heavy atom. The minimum atomic E-state index is 0.455. The van der Waals surface area contributed by atoms with E-state index in [9.17, 15) is 0 Å². The van der Waals surface area contributed by atoms with E-state index in [0.29, 0.717) is 6.04 Å². The monoisotopic (exact) mass is 240 g/mol. The molecule has 0 radical (unpaired) electrons. The lowest BCUT2D eigenvalue weighted by Gasteiger charge is -2.16. The van der Waals surface area contributed by atoms with Crippen molar-refractivity contribution >= 4 is 0 Å². The lowest BCUT2D eigenvalue weighted by molar-refractivity contribution is 0.555. The Morgan fingerprint density at radius 3 is 2.56 bits per heavy atom. The zero-order valence-electron chi connectivity index (χ0n) is 11.1. The van der Waals surface area contributed by atoms with Gasteiger partial charge in [0.2, 0.25) is 0 Å². The third-order valence-corrected chi connectivity index (χ3v) is 3.18. The minimum absolute atomic E-state index is 0.455. The molecule has 2 aromatic rings. The van der Waals surface area contributed by atoms with Crippen LogP contribution in [0.1, 0.15) is 16.7 Å². The van der Waals surface area contributed by atoms with Gasteiger partial charge in [0.1, 0.15) is 0 Å². The number of nitrogens with one attached hydrogen (secondary N) is 1. The van der Waals surface area contributed by atoms with Gasteiger partial charge in [-0.25, -0.2) is 0 Å². The van der Waals surface area contributed by atoms with Gasteiger partial charge in [-0.2, -0.15) is 0 Å². The van der Waals surface area contributed by atoms with Crippen LogP contribution in [0.2, 0.25) is 0 Å². The maximum absolute atomic E-state index is 4.17. The maximum Gasteiger partial charge on any atom is 0.0300 e. The second-order valence-corrected chi connectivity index (χ2v) is 4.74. The second-order valence-electron chi connectivity index (χ2n) is 4.74. The fourth-order valence-electron chi connectivity index (χ4n) is 2.20. The number of likely N-dealkylation sites (N-methyl/N-ethyl adjacent to an activating group) is 1. The molecule has 1 heterocycles. The third-order valence-electron chi connectivity index (χ3n) is 3.18. The molecule has 0 saturated carbocycles. The van der Waals surface area contributed by atoms with Crippen molar-refractivity contribution in [2.45, 2.75) is 25.8 Å². The Morgan fingerprint density at radius 1 is 1.11 bits per heavy atom. The van der Waals surface area contributed by atoms with Crippen LogP contribution in [-0.4, -0.2) is 18.1 Å². The molecule has 2 heteroatoms. The molecular formula is C16H20N2. The van der Waals surface area contributed by atoms with Crippen molar-refractivity contribution in [1.82, 2.24) is 10.3 Å². The van der Waals surface area contributed by atoms with E-state index >= 15 is 0 Å². The summed E-state index contributed by atoms with van der Waals surface area (Å²) in [5, 5.41) is 3.39. The Balaban J connectivity index is 2.01. The summed E-state index contributed by atoms with van der Waals surface area (Å²) in [7, 11) is 2.02. The summed E-state index contributed by atoms with van der Waals surface area (Å²) in [5.41, 5.74) is 3.99.